The van der Waals surface area contributed by atoms with Crippen molar-refractivity contribution in [3.63, 3.8) is 0 Å². The van der Waals surface area contributed by atoms with Gasteiger partial charge in [-0.25, -0.2) is 9.78 Å². The maximum absolute atomic E-state index is 12.8. The van der Waals surface area contributed by atoms with Gasteiger partial charge >= 0.3 is 11.9 Å². The van der Waals surface area contributed by atoms with Gasteiger partial charge in [0.25, 0.3) is 0 Å². The summed E-state index contributed by atoms with van der Waals surface area (Å²) in [5.74, 6) is -0.708. The number of ether oxygens (including phenoxy) is 6. The molecular weight excluding hydrogens is 510 g/mol. The lowest BCUT2D eigenvalue weighted by molar-refractivity contribution is -0.576. The van der Waals surface area contributed by atoms with Crippen LogP contribution in [0.3, 0.4) is 0 Å². The summed E-state index contributed by atoms with van der Waals surface area (Å²) < 4.78 is 34.2. The molecule has 2 bridgehead atoms. The Bertz CT molecular complexity index is 1180. The molecule has 210 valence electrons. The lowest BCUT2D eigenvalue weighted by atomic mass is 9.58. The summed E-state index contributed by atoms with van der Waals surface area (Å²) in [6, 6.07) is 6.84. The van der Waals surface area contributed by atoms with Crippen LogP contribution in [-0.2, 0) is 38.3 Å². The Morgan fingerprint density at radius 3 is 2.69 bits per heavy atom. The number of carbonyl (C=O) groups excluding carboxylic acids is 2. The molecule has 5 aliphatic heterocycles. The van der Waals surface area contributed by atoms with E-state index in [4.69, 9.17) is 38.2 Å². The average molecular weight is 544 g/mol. The number of carbonyl (C=O) groups is 2. The van der Waals surface area contributed by atoms with E-state index in [1.165, 1.54) is 0 Å². The molecule has 0 amide bonds. The largest absolute Gasteiger partial charge is 0.454 e. The van der Waals surface area contributed by atoms with Crippen molar-refractivity contribution in [2.45, 2.75) is 89.4 Å². The highest BCUT2D eigenvalue weighted by Crippen LogP contribution is 2.60. The number of hydrogen-bond acceptors (Lipinski definition) is 11. The first-order valence-electron chi connectivity index (χ1n) is 13.6. The van der Waals surface area contributed by atoms with Crippen molar-refractivity contribution in [1.29, 1.82) is 5.26 Å². The van der Waals surface area contributed by atoms with Gasteiger partial charge in [0.05, 0.1) is 12.8 Å². The van der Waals surface area contributed by atoms with E-state index in [1.807, 2.05) is 19.9 Å². The van der Waals surface area contributed by atoms with Gasteiger partial charge in [-0.05, 0) is 50.2 Å². The number of benzene rings is 1. The van der Waals surface area contributed by atoms with Gasteiger partial charge in [0.1, 0.15) is 6.07 Å². The molecule has 1 saturated carbocycles. The molecule has 7 rings (SSSR count). The Morgan fingerprint density at radius 1 is 1.08 bits per heavy atom. The molecule has 0 aromatic heterocycles. The Hall–Kier alpha value is -2.91. The summed E-state index contributed by atoms with van der Waals surface area (Å²) in [7, 11) is 0. The molecule has 39 heavy (non-hydrogen) atoms. The van der Waals surface area contributed by atoms with Crippen LogP contribution in [-0.4, -0.2) is 42.7 Å². The molecule has 11 heteroatoms. The van der Waals surface area contributed by atoms with Crippen molar-refractivity contribution in [2.24, 2.45) is 23.7 Å². The fraction of sp³-hybridized carbons (Fsp3) is 0.679. The highest BCUT2D eigenvalue weighted by atomic mass is 17.3. The van der Waals surface area contributed by atoms with Gasteiger partial charge in [-0.3, -0.25) is 9.59 Å². The van der Waals surface area contributed by atoms with E-state index in [-0.39, 0.29) is 37.4 Å². The van der Waals surface area contributed by atoms with Gasteiger partial charge in [0, 0.05) is 23.8 Å². The fourth-order valence-corrected chi connectivity index (χ4v) is 6.83. The minimum Gasteiger partial charge on any atom is -0.454 e. The van der Waals surface area contributed by atoms with E-state index in [2.05, 4.69) is 6.92 Å². The van der Waals surface area contributed by atoms with Crippen LogP contribution in [0.1, 0.15) is 71.0 Å². The van der Waals surface area contributed by atoms with Gasteiger partial charge < -0.3 is 28.4 Å². The van der Waals surface area contributed by atoms with Crippen LogP contribution in [0, 0.1) is 35.0 Å². The summed E-state index contributed by atoms with van der Waals surface area (Å²) in [5.41, 5.74) is -0.297. The SMILES string of the molecule is C[C@@H]1CCC2[C@@H](C)[C@H](OC(=O)CCC(=O)OC(C#N)c3ccc4c(c3)OCO4)O[C@@H]3O[C@]4(C)CCC1[C@@]23OO4. The molecule has 5 fully saturated rings. The summed E-state index contributed by atoms with van der Waals surface area (Å²) >= 11 is 0. The van der Waals surface area contributed by atoms with Crippen molar-refractivity contribution < 1.29 is 47.8 Å². The predicted molar refractivity (Wildman–Crippen MR) is 129 cm³/mol. The highest BCUT2D eigenvalue weighted by molar-refractivity contribution is 5.78. The molecule has 6 aliphatic rings. The zero-order valence-corrected chi connectivity index (χ0v) is 22.3. The van der Waals surface area contributed by atoms with Crippen molar-refractivity contribution >= 4 is 11.9 Å². The van der Waals surface area contributed by atoms with Crippen LogP contribution in [0.2, 0.25) is 0 Å². The van der Waals surface area contributed by atoms with Crippen LogP contribution in [0.4, 0.5) is 0 Å². The Labute approximate surface area is 226 Å². The van der Waals surface area contributed by atoms with Crippen LogP contribution < -0.4 is 9.47 Å². The van der Waals surface area contributed by atoms with Crippen molar-refractivity contribution in [3.8, 4) is 17.6 Å². The molecule has 11 nitrogen and oxygen atoms in total. The quantitative estimate of drug-likeness (QED) is 0.380. The molecule has 9 atom stereocenters. The van der Waals surface area contributed by atoms with Gasteiger partial charge in [-0.1, -0.05) is 19.9 Å². The topological polar surface area (TPSA) is 132 Å². The maximum Gasteiger partial charge on any atom is 0.308 e. The molecule has 0 radical (unpaired) electrons. The normalized spacial score (nSPS) is 38.6. The molecule has 1 aromatic carbocycles. The van der Waals surface area contributed by atoms with E-state index in [0.29, 0.717) is 29.4 Å². The Morgan fingerprint density at radius 2 is 1.87 bits per heavy atom. The lowest BCUT2D eigenvalue weighted by Gasteiger charge is -2.59. The second-order valence-corrected chi connectivity index (χ2v) is 11.4. The van der Waals surface area contributed by atoms with Crippen molar-refractivity contribution in [1.82, 2.24) is 0 Å². The smallest absolute Gasteiger partial charge is 0.308 e. The Balaban J connectivity index is 1.07. The minimum atomic E-state index is -1.14. The van der Waals surface area contributed by atoms with E-state index in [1.54, 1.807) is 18.2 Å². The molecule has 1 aromatic rings. The third-order valence-electron chi connectivity index (χ3n) is 8.94. The first-order chi connectivity index (χ1) is 18.7. The third-order valence-corrected chi connectivity index (χ3v) is 8.94. The molecule has 5 heterocycles. The van der Waals surface area contributed by atoms with E-state index >= 15 is 0 Å². The standard InChI is InChI=1S/C28H33NO10/c1-15-4-6-19-16(2)25(36-26-28(19)18(15)10-11-27(3,37-26)38-39-28)35-24(31)9-8-23(30)34-22(13-29)17-5-7-20-21(12-17)33-14-32-20/h5,7,12,15-16,18-19,22,25-26H,4,6,8-11,14H2,1-3H3/t15-,16-,18?,19?,22?,25-,26-,27+,28-/m1/s1. The highest BCUT2D eigenvalue weighted by Gasteiger charge is 2.69. The van der Waals surface area contributed by atoms with E-state index in [0.717, 1.165) is 19.3 Å². The third kappa shape index (κ3) is 4.53. The lowest BCUT2D eigenvalue weighted by Crippen LogP contribution is -2.70. The second-order valence-electron chi connectivity index (χ2n) is 11.4. The van der Waals surface area contributed by atoms with E-state index < -0.39 is 42.0 Å². The number of nitrogens with zero attached hydrogens (tertiary/aromatic N) is 1. The summed E-state index contributed by atoms with van der Waals surface area (Å²) in [4.78, 5) is 37.2. The van der Waals surface area contributed by atoms with Crippen LogP contribution >= 0.6 is 0 Å². The fourth-order valence-electron chi connectivity index (χ4n) is 6.83. The van der Waals surface area contributed by atoms with Crippen LogP contribution in [0.25, 0.3) is 0 Å². The number of fused-ring (bicyclic) bond motifs is 3. The van der Waals surface area contributed by atoms with Crippen LogP contribution in [0.15, 0.2) is 18.2 Å². The molecule has 4 saturated heterocycles. The molecular formula is C28H33NO10. The zero-order chi connectivity index (χ0) is 27.4. The van der Waals surface area contributed by atoms with Gasteiger partial charge in [0.15, 0.2) is 23.4 Å². The molecule has 1 spiro atoms. The van der Waals surface area contributed by atoms with Crippen molar-refractivity contribution in [2.75, 3.05) is 6.79 Å². The second kappa shape index (κ2) is 9.93. The average Bonchev–Trinajstić information content (AvgIpc) is 3.28. The van der Waals surface area contributed by atoms with Crippen LogP contribution in [0.5, 0.6) is 11.5 Å². The van der Waals surface area contributed by atoms with Gasteiger partial charge in [-0.15, -0.1) is 0 Å². The number of rotatable bonds is 6. The summed E-state index contributed by atoms with van der Waals surface area (Å²) in [6.07, 6.45) is 0.310. The number of hydrogen-bond donors (Lipinski definition) is 0. The maximum atomic E-state index is 12.8. The number of esters is 2. The molecule has 3 unspecified atom stereocenters. The first-order valence-corrected chi connectivity index (χ1v) is 13.6. The number of nitriles is 1. The molecule has 1 aliphatic carbocycles. The minimum absolute atomic E-state index is 0.0148. The summed E-state index contributed by atoms with van der Waals surface area (Å²) in [6.45, 7) is 6.15. The first kappa shape index (κ1) is 26.3. The van der Waals surface area contributed by atoms with Crippen molar-refractivity contribution in [3.05, 3.63) is 23.8 Å². The molecule has 0 N–H and O–H groups in total. The van der Waals surface area contributed by atoms with Gasteiger partial charge in [-0.2, -0.15) is 5.26 Å². The summed E-state index contributed by atoms with van der Waals surface area (Å²) in [5, 5.41) is 9.53. The zero-order valence-electron chi connectivity index (χ0n) is 22.3. The Kier molecular flexibility index (Phi) is 6.70. The van der Waals surface area contributed by atoms with Gasteiger partial charge in [0.2, 0.25) is 25.0 Å². The van der Waals surface area contributed by atoms with E-state index in [9.17, 15) is 14.9 Å². The monoisotopic (exact) mass is 543 g/mol. The predicted octanol–water partition coefficient (Wildman–Crippen LogP) is 4.05.